The van der Waals surface area contributed by atoms with Gasteiger partial charge >= 0.3 is 8.80 Å². The molecule has 0 radical (unpaired) electrons. The summed E-state index contributed by atoms with van der Waals surface area (Å²) in [5.74, 6) is 0. The van der Waals surface area contributed by atoms with E-state index in [2.05, 4.69) is 10.2 Å². The molecule has 0 saturated heterocycles. The van der Waals surface area contributed by atoms with E-state index in [1.165, 1.54) is 0 Å². The number of hydrogen-bond acceptors (Lipinski definition) is 5. The van der Waals surface area contributed by atoms with Crippen LogP contribution in [0, 0.1) is 0 Å². The lowest BCUT2D eigenvalue weighted by Gasteiger charge is -2.28. The summed E-state index contributed by atoms with van der Waals surface area (Å²) in [4.78, 5) is 0. The van der Waals surface area contributed by atoms with Gasteiger partial charge in [-0.25, -0.2) is 0 Å². The molecule has 128 valence electrons. The molecular weight excluding hydrogens is 320 g/mol. The smallest absolute Gasteiger partial charge is 0.370 e. The number of hydrogen-bond donors (Lipinski definition) is 0. The Bertz CT molecular complexity index is 615. The Kier molecular flexibility index (Phi) is 7.26. The minimum absolute atomic E-state index is 0.543. The lowest BCUT2D eigenvalue weighted by atomic mass is 10.3. The highest BCUT2D eigenvalue weighted by molar-refractivity contribution is 6.75. The van der Waals surface area contributed by atoms with Gasteiger partial charge in [0.15, 0.2) is 0 Å². The maximum Gasteiger partial charge on any atom is 0.537 e. The van der Waals surface area contributed by atoms with Crippen molar-refractivity contribution in [1.82, 2.24) is 0 Å². The van der Waals surface area contributed by atoms with Crippen molar-refractivity contribution >= 4 is 25.4 Å². The third-order valence-corrected chi connectivity index (χ3v) is 6.31. The van der Waals surface area contributed by atoms with Gasteiger partial charge in [0.2, 0.25) is 0 Å². The van der Waals surface area contributed by atoms with Crippen LogP contribution in [0.5, 0.6) is 0 Å². The third kappa shape index (κ3) is 4.81. The second-order valence-corrected chi connectivity index (χ2v) is 7.49. The van der Waals surface area contributed by atoms with Crippen LogP contribution in [-0.2, 0) is 13.3 Å². The summed E-state index contributed by atoms with van der Waals surface area (Å²) < 4.78 is 17.7. The van der Waals surface area contributed by atoms with Crippen molar-refractivity contribution in [3.8, 4) is 0 Å². The van der Waals surface area contributed by atoms with Crippen LogP contribution in [0.25, 0.3) is 0 Å². The van der Waals surface area contributed by atoms with Crippen molar-refractivity contribution in [1.29, 1.82) is 0 Å². The fraction of sp³-hybridized carbons (Fsp3) is 0.333. The largest absolute Gasteiger partial charge is 0.537 e. The van der Waals surface area contributed by atoms with Crippen LogP contribution in [0.15, 0.2) is 64.8 Å². The molecule has 0 aromatic heterocycles. The molecule has 0 aliphatic carbocycles. The first kappa shape index (κ1) is 18.5. The Morgan fingerprint density at radius 2 is 1.12 bits per heavy atom. The van der Waals surface area contributed by atoms with Gasteiger partial charge in [-0.3, -0.25) is 0 Å². The second kappa shape index (κ2) is 9.44. The molecule has 0 bridgehead atoms. The van der Waals surface area contributed by atoms with Crippen molar-refractivity contribution in [2.45, 2.75) is 20.8 Å². The SMILES string of the molecule is CCO[Si](OCC)(OCC)c1ccc(N=Nc2ccccc2)cc1. The van der Waals surface area contributed by atoms with E-state index in [0.717, 1.165) is 16.6 Å². The van der Waals surface area contributed by atoms with Crippen LogP contribution in [-0.4, -0.2) is 28.6 Å². The second-order valence-electron chi connectivity index (χ2n) is 4.94. The Hall–Kier alpha value is -1.86. The van der Waals surface area contributed by atoms with Gasteiger partial charge in [-0.15, -0.1) is 0 Å². The molecule has 5 nitrogen and oxygen atoms in total. The van der Waals surface area contributed by atoms with E-state index < -0.39 is 8.80 Å². The van der Waals surface area contributed by atoms with E-state index in [0.29, 0.717) is 19.8 Å². The summed E-state index contributed by atoms with van der Waals surface area (Å²) in [5, 5.41) is 9.41. The first-order valence-electron chi connectivity index (χ1n) is 8.23. The van der Waals surface area contributed by atoms with Gasteiger partial charge < -0.3 is 13.3 Å². The molecule has 0 fully saturated rings. The fourth-order valence-electron chi connectivity index (χ4n) is 2.29. The predicted octanol–water partition coefficient (Wildman–Crippen LogP) is 4.36. The van der Waals surface area contributed by atoms with Gasteiger partial charge in [0.25, 0.3) is 0 Å². The van der Waals surface area contributed by atoms with Gasteiger partial charge in [0, 0.05) is 25.0 Å². The summed E-state index contributed by atoms with van der Waals surface area (Å²) in [6.45, 7) is 7.47. The van der Waals surface area contributed by atoms with Gasteiger partial charge in [-0.05, 0) is 45.0 Å². The Morgan fingerprint density at radius 1 is 0.667 bits per heavy atom. The monoisotopic (exact) mass is 344 g/mol. The zero-order valence-electron chi connectivity index (χ0n) is 14.4. The Balaban J connectivity index is 2.20. The Morgan fingerprint density at radius 3 is 1.58 bits per heavy atom. The lowest BCUT2D eigenvalue weighted by Crippen LogP contribution is -2.56. The Labute approximate surface area is 144 Å². The number of nitrogens with zero attached hydrogens (tertiary/aromatic N) is 2. The van der Waals surface area contributed by atoms with Gasteiger partial charge in [-0.1, -0.05) is 30.3 Å². The van der Waals surface area contributed by atoms with Crippen LogP contribution in [0.1, 0.15) is 20.8 Å². The molecule has 0 atom stereocenters. The van der Waals surface area contributed by atoms with E-state index in [-0.39, 0.29) is 0 Å². The molecule has 0 spiro atoms. The average molecular weight is 344 g/mol. The van der Waals surface area contributed by atoms with Crippen LogP contribution in [0.4, 0.5) is 11.4 Å². The molecule has 0 aliphatic rings. The standard InChI is InChI=1S/C18H24N2O3Si/c1-4-21-24(22-5-2,23-6-3)18-14-12-17(13-15-18)20-19-16-10-8-7-9-11-16/h7-15H,4-6H2,1-3H3. The molecule has 24 heavy (non-hydrogen) atoms. The molecule has 2 rings (SSSR count). The van der Waals surface area contributed by atoms with Crippen molar-refractivity contribution in [3.05, 3.63) is 54.6 Å². The quantitative estimate of drug-likeness (QED) is 0.502. The van der Waals surface area contributed by atoms with Crippen LogP contribution in [0.2, 0.25) is 0 Å². The van der Waals surface area contributed by atoms with Crippen molar-refractivity contribution in [3.63, 3.8) is 0 Å². The number of azo groups is 1. The maximum absolute atomic E-state index is 5.91. The van der Waals surface area contributed by atoms with Gasteiger partial charge in [0.1, 0.15) is 0 Å². The number of benzene rings is 2. The molecule has 0 aliphatic heterocycles. The van der Waals surface area contributed by atoms with Crippen LogP contribution >= 0.6 is 0 Å². The van der Waals surface area contributed by atoms with E-state index in [4.69, 9.17) is 13.3 Å². The molecule has 0 unspecified atom stereocenters. The molecule has 6 heteroatoms. The summed E-state index contributed by atoms with van der Waals surface area (Å²) in [6, 6.07) is 17.4. The van der Waals surface area contributed by atoms with Crippen molar-refractivity contribution in [2.24, 2.45) is 10.2 Å². The first-order chi connectivity index (χ1) is 11.7. The van der Waals surface area contributed by atoms with E-state index in [1.807, 2.05) is 75.4 Å². The fourth-order valence-corrected chi connectivity index (χ4v) is 4.75. The molecule has 0 heterocycles. The first-order valence-corrected chi connectivity index (χ1v) is 9.95. The minimum Gasteiger partial charge on any atom is -0.370 e. The normalized spacial score (nSPS) is 12.0. The van der Waals surface area contributed by atoms with E-state index in [1.54, 1.807) is 0 Å². The lowest BCUT2D eigenvalue weighted by molar-refractivity contribution is 0.0859. The third-order valence-electron chi connectivity index (χ3n) is 3.26. The summed E-state index contributed by atoms with van der Waals surface area (Å²) in [5.41, 5.74) is 1.60. The van der Waals surface area contributed by atoms with Crippen LogP contribution < -0.4 is 5.19 Å². The average Bonchev–Trinajstić information content (AvgIpc) is 2.62. The highest BCUT2D eigenvalue weighted by Gasteiger charge is 2.43. The highest BCUT2D eigenvalue weighted by Crippen LogP contribution is 2.18. The molecular formula is C18H24N2O3Si. The minimum atomic E-state index is -2.85. The zero-order valence-corrected chi connectivity index (χ0v) is 15.4. The molecule has 0 saturated carbocycles. The topological polar surface area (TPSA) is 52.4 Å². The highest BCUT2D eigenvalue weighted by atomic mass is 28.4. The van der Waals surface area contributed by atoms with Gasteiger partial charge in [0.05, 0.1) is 11.4 Å². The molecule has 2 aromatic carbocycles. The van der Waals surface area contributed by atoms with E-state index in [9.17, 15) is 0 Å². The van der Waals surface area contributed by atoms with Gasteiger partial charge in [-0.2, -0.15) is 10.2 Å². The van der Waals surface area contributed by atoms with Crippen molar-refractivity contribution in [2.75, 3.05) is 19.8 Å². The zero-order chi connectivity index (χ0) is 17.3. The summed E-state index contributed by atoms with van der Waals surface area (Å²) in [6.07, 6.45) is 0. The molecule has 2 aromatic rings. The summed E-state index contributed by atoms with van der Waals surface area (Å²) >= 11 is 0. The predicted molar refractivity (Wildman–Crippen MR) is 97.3 cm³/mol. The molecule has 0 amide bonds. The van der Waals surface area contributed by atoms with Crippen LogP contribution in [0.3, 0.4) is 0 Å². The summed E-state index contributed by atoms with van der Waals surface area (Å²) in [7, 11) is -2.85. The molecule has 0 N–H and O–H groups in total. The number of rotatable bonds is 9. The maximum atomic E-state index is 5.91. The van der Waals surface area contributed by atoms with E-state index >= 15 is 0 Å². The van der Waals surface area contributed by atoms with Crippen molar-refractivity contribution < 1.29 is 13.3 Å².